The normalized spacial score (nSPS) is 22.7. The van der Waals surface area contributed by atoms with E-state index in [1.54, 1.807) is 0 Å². The maximum Gasteiger partial charge on any atom is 0.0730 e. The second-order valence-corrected chi connectivity index (χ2v) is 6.67. The smallest absolute Gasteiger partial charge is 0.0730 e. The fourth-order valence-electron chi connectivity index (χ4n) is 3.34. The third kappa shape index (κ3) is 3.59. The SMILES string of the molecule is Cc1cncc(CN2CC(N3CCN(C(C)C)CC3)C2)n1. The van der Waals surface area contributed by atoms with Crippen molar-refractivity contribution in [3.8, 4) is 0 Å². The van der Waals surface area contributed by atoms with Crippen molar-refractivity contribution < 1.29 is 0 Å². The van der Waals surface area contributed by atoms with E-state index in [0.717, 1.165) is 24.0 Å². The Balaban J connectivity index is 1.42. The average molecular weight is 289 g/mol. The van der Waals surface area contributed by atoms with E-state index in [-0.39, 0.29) is 0 Å². The van der Waals surface area contributed by atoms with E-state index in [2.05, 4.69) is 38.5 Å². The molecule has 1 aromatic rings. The molecule has 5 heteroatoms. The largest absolute Gasteiger partial charge is 0.298 e. The second kappa shape index (κ2) is 6.38. The molecule has 0 atom stereocenters. The summed E-state index contributed by atoms with van der Waals surface area (Å²) in [6.07, 6.45) is 3.71. The molecule has 0 radical (unpaired) electrons. The minimum Gasteiger partial charge on any atom is -0.298 e. The van der Waals surface area contributed by atoms with E-state index in [9.17, 15) is 0 Å². The van der Waals surface area contributed by atoms with Gasteiger partial charge in [-0.15, -0.1) is 0 Å². The Hall–Kier alpha value is -1.04. The number of likely N-dealkylation sites (tertiary alicyclic amines) is 1. The lowest BCUT2D eigenvalue weighted by Gasteiger charge is -2.48. The van der Waals surface area contributed by atoms with Crippen molar-refractivity contribution in [1.82, 2.24) is 24.7 Å². The Morgan fingerprint density at radius 3 is 2.48 bits per heavy atom. The minimum atomic E-state index is 0.685. The summed E-state index contributed by atoms with van der Waals surface area (Å²) in [6, 6.07) is 1.43. The maximum atomic E-state index is 4.54. The van der Waals surface area contributed by atoms with Gasteiger partial charge in [-0.05, 0) is 20.8 Å². The zero-order valence-corrected chi connectivity index (χ0v) is 13.5. The summed E-state index contributed by atoms with van der Waals surface area (Å²) in [5.74, 6) is 0. The predicted molar refractivity (Wildman–Crippen MR) is 84.1 cm³/mol. The molecule has 0 saturated carbocycles. The van der Waals surface area contributed by atoms with Gasteiger partial charge in [0.15, 0.2) is 0 Å². The van der Waals surface area contributed by atoms with Gasteiger partial charge in [-0.2, -0.15) is 0 Å². The van der Waals surface area contributed by atoms with Gasteiger partial charge in [-0.1, -0.05) is 0 Å². The van der Waals surface area contributed by atoms with Crippen molar-refractivity contribution in [2.24, 2.45) is 0 Å². The Morgan fingerprint density at radius 1 is 1.14 bits per heavy atom. The van der Waals surface area contributed by atoms with Crippen molar-refractivity contribution in [2.75, 3.05) is 39.3 Å². The van der Waals surface area contributed by atoms with E-state index >= 15 is 0 Å². The first kappa shape index (κ1) is 14.9. The van der Waals surface area contributed by atoms with E-state index in [1.165, 1.54) is 39.3 Å². The molecule has 21 heavy (non-hydrogen) atoms. The van der Waals surface area contributed by atoms with Gasteiger partial charge in [0.2, 0.25) is 0 Å². The Morgan fingerprint density at radius 2 is 1.86 bits per heavy atom. The van der Waals surface area contributed by atoms with Crippen LogP contribution in [0.4, 0.5) is 0 Å². The molecule has 2 aliphatic rings. The summed E-state index contributed by atoms with van der Waals surface area (Å²) >= 11 is 0. The maximum absolute atomic E-state index is 4.54. The molecule has 2 fully saturated rings. The van der Waals surface area contributed by atoms with Gasteiger partial charge in [-0.25, -0.2) is 0 Å². The van der Waals surface area contributed by atoms with Crippen LogP contribution < -0.4 is 0 Å². The molecule has 0 N–H and O–H groups in total. The third-order valence-electron chi connectivity index (χ3n) is 4.72. The van der Waals surface area contributed by atoms with Crippen molar-refractivity contribution in [3.05, 3.63) is 23.8 Å². The molecule has 2 saturated heterocycles. The fraction of sp³-hybridized carbons (Fsp3) is 0.750. The highest BCUT2D eigenvalue weighted by molar-refractivity contribution is 5.03. The summed E-state index contributed by atoms with van der Waals surface area (Å²) in [5, 5.41) is 0. The molecule has 0 unspecified atom stereocenters. The summed E-state index contributed by atoms with van der Waals surface area (Å²) in [4.78, 5) is 16.5. The van der Waals surface area contributed by atoms with Crippen LogP contribution in [0.2, 0.25) is 0 Å². The van der Waals surface area contributed by atoms with E-state index in [1.807, 2.05) is 19.3 Å². The third-order valence-corrected chi connectivity index (χ3v) is 4.72. The highest BCUT2D eigenvalue weighted by atomic mass is 15.4. The van der Waals surface area contributed by atoms with Crippen molar-refractivity contribution >= 4 is 0 Å². The van der Waals surface area contributed by atoms with Crippen molar-refractivity contribution in [3.63, 3.8) is 0 Å². The van der Waals surface area contributed by atoms with Gasteiger partial charge < -0.3 is 0 Å². The van der Waals surface area contributed by atoms with Crippen molar-refractivity contribution in [2.45, 2.75) is 39.4 Å². The van der Waals surface area contributed by atoms with Crippen molar-refractivity contribution in [1.29, 1.82) is 0 Å². The summed E-state index contributed by atoms with van der Waals surface area (Å²) < 4.78 is 0. The van der Waals surface area contributed by atoms with Gasteiger partial charge in [-0.3, -0.25) is 24.7 Å². The van der Waals surface area contributed by atoms with E-state index in [0.29, 0.717) is 6.04 Å². The lowest BCUT2D eigenvalue weighted by molar-refractivity contribution is -0.00466. The molecule has 2 aliphatic heterocycles. The van der Waals surface area contributed by atoms with Crippen LogP contribution in [0.25, 0.3) is 0 Å². The molecular weight excluding hydrogens is 262 g/mol. The number of aryl methyl sites for hydroxylation is 1. The number of rotatable bonds is 4. The molecule has 0 aliphatic carbocycles. The van der Waals surface area contributed by atoms with Crippen LogP contribution in [-0.4, -0.2) is 76.0 Å². The first-order chi connectivity index (χ1) is 10.1. The summed E-state index contributed by atoms with van der Waals surface area (Å²) in [7, 11) is 0. The van der Waals surface area contributed by atoms with E-state index < -0.39 is 0 Å². The van der Waals surface area contributed by atoms with Crippen LogP contribution in [0.1, 0.15) is 25.2 Å². The molecule has 3 rings (SSSR count). The number of aromatic nitrogens is 2. The molecule has 5 nitrogen and oxygen atoms in total. The predicted octanol–water partition coefficient (Wildman–Crippen LogP) is 0.995. The van der Waals surface area contributed by atoms with Crippen LogP contribution in [0.3, 0.4) is 0 Å². The van der Waals surface area contributed by atoms with Gasteiger partial charge in [0.1, 0.15) is 0 Å². The molecule has 1 aromatic heterocycles. The number of piperazine rings is 1. The molecule has 116 valence electrons. The van der Waals surface area contributed by atoms with Crippen LogP contribution in [0, 0.1) is 6.92 Å². The second-order valence-electron chi connectivity index (χ2n) is 6.67. The molecule has 3 heterocycles. The van der Waals surface area contributed by atoms with Crippen LogP contribution in [0.15, 0.2) is 12.4 Å². The number of nitrogens with zero attached hydrogens (tertiary/aromatic N) is 5. The van der Waals surface area contributed by atoms with Gasteiger partial charge >= 0.3 is 0 Å². The number of hydrogen-bond acceptors (Lipinski definition) is 5. The topological polar surface area (TPSA) is 35.5 Å². The molecule has 0 amide bonds. The fourth-order valence-corrected chi connectivity index (χ4v) is 3.34. The monoisotopic (exact) mass is 289 g/mol. The molecule has 0 aromatic carbocycles. The lowest BCUT2D eigenvalue weighted by atomic mass is 10.1. The Labute approximate surface area is 128 Å². The first-order valence-corrected chi connectivity index (χ1v) is 8.10. The zero-order valence-electron chi connectivity index (χ0n) is 13.5. The highest BCUT2D eigenvalue weighted by Crippen LogP contribution is 2.19. The zero-order chi connectivity index (χ0) is 14.8. The standard InChI is InChI=1S/C16H27N5/c1-13(2)20-4-6-21(7-5-20)16-11-19(12-16)10-15-9-17-8-14(3)18-15/h8-9,13,16H,4-7,10-12H2,1-3H3. The van der Waals surface area contributed by atoms with Gasteiger partial charge in [0, 0.05) is 70.3 Å². The Kier molecular flexibility index (Phi) is 4.52. The summed E-state index contributed by atoms with van der Waals surface area (Å²) in [6.45, 7) is 14.8. The summed E-state index contributed by atoms with van der Waals surface area (Å²) in [5.41, 5.74) is 2.10. The highest BCUT2D eigenvalue weighted by Gasteiger charge is 2.33. The molecule has 0 spiro atoms. The quantitative estimate of drug-likeness (QED) is 0.826. The Bertz CT molecular complexity index is 461. The van der Waals surface area contributed by atoms with Gasteiger partial charge in [0.25, 0.3) is 0 Å². The van der Waals surface area contributed by atoms with E-state index in [4.69, 9.17) is 0 Å². The number of hydrogen-bond donors (Lipinski definition) is 0. The van der Waals surface area contributed by atoms with Crippen LogP contribution in [-0.2, 0) is 6.54 Å². The first-order valence-electron chi connectivity index (χ1n) is 8.10. The lowest BCUT2D eigenvalue weighted by Crippen LogP contribution is -2.63. The van der Waals surface area contributed by atoms with Crippen LogP contribution >= 0.6 is 0 Å². The molecule has 0 bridgehead atoms. The average Bonchev–Trinajstić information content (AvgIpc) is 2.42. The van der Waals surface area contributed by atoms with Gasteiger partial charge in [0.05, 0.1) is 11.4 Å². The molecular formula is C16H27N5. The van der Waals surface area contributed by atoms with Crippen LogP contribution in [0.5, 0.6) is 0 Å². The minimum absolute atomic E-state index is 0.685.